The van der Waals surface area contributed by atoms with Gasteiger partial charge in [-0.2, -0.15) is 0 Å². The largest absolute Gasteiger partial charge is 0.423 e. The average Bonchev–Trinajstić information content (AvgIpc) is 2.47. The topological polar surface area (TPSA) is 68.3 Å². The lowest BCUT2D eigenvalue weighted by Gasteiger charge is -2.17. The van der Waals surface area contributed by atoms with Crippen molar-refractivity contribution in [1.29, 1.82) is 0 Å². The molecule has 1 aromatic heterocycles. The standard InChI is InChI=1S/C15H11BrN2O3/c16-12-8-17-6-5-11(12)15(20)21-10-3-1-9-2-4-14(19)18-13(9)7-10/h1,3,5-8H,2,4H2,(H,18,19). The van der Waals surface area contributed by atoms with Gasteiger partial charge in [0.15, 0.2) is 0 Å². The number of nitrogens with one attached hydrogen (secondary N) is 1. The summed E-state index contributed by atoms with van der Waals surface area (Å²) < 4.78 is 5.91. The number of nitrogens with zero attached hydrogens (tertiary/aromatic N) is 1. The van der Waals surface area contributed by atoms with Crippen LogP contribution in [0, 0.1) is 0 Å². The van der Waals surface area contributed by atoms with Crippen LogP contribution < -0.4 is 10.1 Å². The normalized spacial score (nSPS) is 13.3. The van der Waals surface area contributed by atoms with Crippen LogP contribution in [-0.4, -0.2) is 16.9 Å². The Kier molecular flexibility index (Phi) is 3.70. The van der Waals surface area contributed by atoms with E-state index >= 15 is 0 Å². The van der Waals surface area contributed by atoms with Gasteiger partial charge in [-0.3, -0.25) is 9.78 Å². The van der Waals surface area contributed by atoms with Crippen LogP contribution in [0.4, 0.5) is 5.69 Å². The van der Waals surface area contributed by atoms with Gasteiger partial charge in [0, 0.05) is 30.6 Å². The number of anilines is 1. The molecule has 0 atom stereocenters. The maximum atomic E-state index is 12.1. The van der Waals surface area contributed by atoms with E-state index < -0.39 is 5.97 Å². The molecular weight excluding hydrogens is 336 g/mol. The molecule has 1 N–H and O–H groups in total. The van der Waals surface area contributed by atoms with Crippen LogP contribution in [0.3, 0.4) is 0 Å². The number of ether oxygens (including phenoxy) is 1. The Morgan fingerprint density at radius 1 is 1.29 bits per heavy atom. The number of aryl methyl sites for hydroxylation is 1. The van der Waals surface area contributed by atoms with E-state index in [0.717, 1.165) is 5.56 Å². The van der Waals surface area contributed by atoms with Gasteiger partial charge in [0.1, 0.15) is 5.75 Å². The number of hydrogen-bond donors (Lipinski definition) is 1. The smallest absolute Gasteiger partial charge is 0.344 e. The number of esters is 1. The lowest BCUT2D eigenvalue weighted by Crippen LogP contribution is -2.19. The Hall–Kier alpha value is -2.21. The van der Waals surface area contributed by atoms with Crippen LogP contribution >= 0.6 is 15.9 Å². The van der Waals surface area contributed by atoms with Crippen LogP contribution in [0.1, 0.15) is 22.3 Å². The first-order valence-corrected chi connectivity index (χ1v) is 7.17. The second-order valence-electron chi connectivity index (χ2n) is 4.61. The zero-order valence-electron chi connectivity index (χ0n) is 10.9. The highest BCUT2D eigenvalue weighted by atomic mass is 79.9. The molecule has 0 saturated heterocycles. The van der Waals surface area contributed by atoms with Gasteiger partial charge in [-0.15, -0.1) is 0 Å². The molecule has 1 amide bonds. The number of amides is 1. The first-order chi connectivity index (χ1) is 10.1. The fourth-order valence-electron chi connectivity index (χ4n) is 2.12. The highest BCUT2D eigenvalue weighted by Crippen LogP contribution is 2.28. The summed E-state index contributed by atoms with van der Waals surface area (Å²) in [6.07, 6.45) is 4.24. The van der Waals surface area contributed by atoms with Gasteiger partial charge in [-0.25, -0.2) is 4.79 Å². The van der Waals surface area contributed by atoms with E-state index in [0.29, 0.717) is 34.3 Å². The number of benzene rings is 1. The monoisotopic (exact) mass is 346 g/mol. The zero-order valence-corrected chi connectivity index (χ0v) is 12.5. The minimum atomic E-state index is -0.480. The summed E-state index contributed by atoms with van der Waals surface area (Å²) in [6, 6.07) is 6.83. The van der Waals surface area contributed by atoms with Gasteiger partial charge >= 0.3 is 5.97 Å². The zero-order chi connectivity index (χ0) is 14.8. The van der Waals surface area contributed by atoms with Crippen molar-refractivity contribution >= 4 is 33.5 Å². The van der Waals surface area contributed by atoms with Gasteiger partial charge in [-0.05, 0) is 40.0 Å². The second-order valence-corrected chi connectivity index (χ2v) is 5.47. The van der Waals surface area contributed by atoms with E-state index in [2.05, 4.69) is 26.2 Å². The molecule has 0 fully saturated rings. The Morgan fingerprint density at radius 2 is 2.14 bits per heavy atom. The number of fused-ring (bicyclic) bond motifs is 1. The van der Waals surface area contributed by atoms with Gasteiger partial charge in [0.05, 0.1) is 10.0 Å². The predicted octanol–water partition coefficient (Wildman–Crippen LogP) is 2.95. The molecule has 2 heterocycles. The number of hydrogen-bond acceptors (Lipinski definition) is 4. The number of aromatic nitrogens is 1. The highest BCUT2D eigenvalue weighted by molar-refractivity contribution is 9.10. The molecule has 1 aliphatic heterocycles. The van der Waals surface area contributed by atoms with Crippen molar-refractivity contribution in [3.63, 3.8) is 0 Å². The second kappa shape index (κ2) is 5.65. The first kappa shape index (κ1) is 13.8. The van der Waals surface area contributed by atoms with Crippen molar-refractivity contribution in [1.82, 2.24) is 4.98 Å². The Morgan fingerprint density at radius 3 is 2.95 bits per heavy atom. The van der Waals surface area contributed by atoms with Gasteiger partial charge < -0.3 is 10.1 Å². The van der Waals surface area contributed by atoms with Gasteiger partial charge in [-0.1, -0.05) is 6.07 Å². The lowest BCUT2D eigenvalue weighted by atomic mass is 10.0. The number of rotatable bonds is 2. The quantitative estimate of drug-likeness (QED) is 0.670. The molecule has 0 spiro atoms. The van der Waals surface area contributed by atoms with E-state index in [1.54, 1.807) is 18.2 Å². The summed E-state index contributed by atoms with van der Waals surface area (Å²) in [7, 11) is 0. The molecule has 0 saturated carbocycles. The summed E-state index contributed by atoms with van der Waals surface area (Å²) in [5.74, 6) is -0.112. The molecular formula is C15H11BrN2O3. The molecule has 0 bridgehead atoms. The Bertz CT molecular complexity index is 731. The maximum Gasteiger partial charge on any atom is 0.344 e. The molecule has 106 valence electrons. The minimum Gasteiger partial charge on any atom is -0.423 e. The fourth-order valence-corrected chi connectivity index (χ4v) is 2.53. The van der Waals surface area contributed by atoms with Crippen LogP contribution in [0.15, 0.2) is 41.1 Å². The third-order valence-corrected chi connectivity index (χ3v) is 3.81. The van der Waals surface area contributed by atoms with Crippen LogP contribution in [0.2, 0.25) is 0 Å². The molecule has 5 nitrogen and oxygen atoms in total. The Balaban J connectivity index is 1.82. The lowest BCUT2D eigenvalue weighted by molar-refractivity contribution is -0.116. The molecule has 1 aromatic carbocycles. The minimum absolute atomic E-state index is 0.0251. The van der Waals surface area contributed by atoms with Crippen LogP contribution in [0.25, 0.3) is 0 Å². The summed E-state index contributed by atoms with van der Waals surface area (Å²) in [6.45, 7) is 0. The van der Waals surface area contributed by atoms with E-state index in [-0.39, 0.29) is 5.91 Å². The summed E-state index contributed by atoms with van der Waals surface area (Å²) in [5.41, 5.74) is 2.14. The van der Waals surface area contributed by atoms with Crippen LogP contribution in [-0.2, 0) is 11.2 Å². The van der Waals surface area contributed by atoms with Crippen molar-refractivity contribution in [2.45, 2.75) is 12.8 Å². The average molecular weight is 347 g/mol. The molecule has 0 unspecified atom stereocenters. The predicted molar refractivity (Wildman–Crippen MR) is 80.3 cm³/mol. The molecule has 3 rings (SSSR count). The van der Waals surface area contributed by atoms with Crippen molar-refractivity contribution < 1.29 is 14.3 Å². The van der Waals surface area contributed by atoms with Crippen molar-refractivity contribution in [3.8, 4) is 5.75 Å². The number of carbonyl (C=O) groups excluding carboxylic acids is 2. The molecule has 2 aromatic rings. The van der Waals surface area contributed by atoms with E-state index in [1.807, 2.05) is 6.07 Å². The van der Waals surface area contributed by atoms with E-state index in [1.165, 1.54) is 12.4 Å². The van der Waals surface area contributed by atoms with Gasteiger partial charge in [0.25, 0.3) is 0 Å². The summed E-state index contributed by atoms with van der Waals surface area (Å²) in [5, 5.41) is 2.78. The maximum absolute atomic E-state index is 12.1. The SMILES string of the molecule is O=C1CCc2ccc(OC(=O)c3ccncc3Br)cc2N1. The third-order valence-electron chi connectivity index (χ3n) is 3.18. The van der Waals surface area contributed by atoms with Crippen molar-refractivity contribution in [3.05, 3.63) is 52.3 Å². The van der Waals surface area contributed by atoms with Gasteiger partial charge in [0.2, 0.25) is 5.91 Å². The summed E-state index contributed by atoms with van der Waals surface area (Å²) in [4.78, 5) is 27.4. The number of carbonyl (C=O) groups is 2. The van der Waals surface area contributed by atoms with E-state index in [4.69, 9.17) is 4.74 Å². The first-order valence-electron chi connectivity index (χ1n) is 6.38. The highest BCUT2D eigenvalue weighted by Gasteiger charge is 2.17. The fraction of sp³-hybridized carbons (Fsp3) is 0.133. The molecule has 1 aliphatic rings. The number of halogens is 1. The molecule has 21 heavy (non-hydrogen) atoms. The molecule has 0 aliphatic carbocycles. The van der Waals surface area contributed by atoms with Crippen molar-refractivity contribution in [2.24, 2.45) is 0 Å². The third kappa shape index (κ3) is 2.95. The molecule has 6 heteroatoms. The van der Waals surface area contributed by atoms with E-state index in [9.17, 15) is 9.59 Å². The summed E-state index contributed by atoms with van der Waals surface area (Å²) >= 11 is 3.26. The number of pyridine rings is 1. The van der Waals surface area contributed by atoms with Crippen LogP contribution in [0.5, 0.6) is 5.75 Å². The Labute approximate surface area is 129 Å². The van der Waals surface area contributed by atoms with Crippen molar-refractivity contribution in [2.75, 3.05) is 5.32 Å². The molecule has 0 radical (unpaired) electrons.